The molecule has 10 nitrogen and oxygen atoms in total. The Kier molecular flexibility index (Phi) is 7.27. The largest absolute Gasteiger partial charge is 0.480 e. The van der Waals surface area contributed by atoms with Gasteiger partial charge in [0.25, 0.3) is 11.8 Å². The van der Waals surface area contributed by atoms with Crippen molar-refractivity contribution in [3.05, 3.63) is 65.5 Å². The smallest absolute Gasteiger partial charge is 0.276 e. The summed E-state index contributed by atoms with van der Waals surface area (Å²) in [6.07, 6.45) is 0. The van der Waals surface area contributed by atoms with Gasteiger partial charge in [-0.05, 0) is 29.7 Å². The molecule has 32 heavy (non-hydrogen) atoms. The summed E-state index contributed by atoms with van der Waals surface area (Å²) in [5.74, 6) is -0.171. The van der Waals surface area contributed by atoms with Gasteiger partial charge in [-0.1, -0.05) is 32.0 Å². The van der Waals surface area contributed by atoms with Crippen molar-refractivity contribution in [1.82, 2.24) is 25.7 Å². The first-order chi connectivity index (χ1) is 15.4. The number of benzene rings is 1. The van der Waals surface area contributed by atoms with E-state index in [2.05, 4.69) is 31.0 Å². The van der Waals surface area contributed by atoms with E-state index in [-0.39, 0.29) is 23.2 Å². The lowest BCUT2D eigenvalue weighted by atomic mass is 9.94. The number of anilines is 1. The van der Waals surface area contributed by atoms with Gasteiger partial charge in [0.2, 0.25) is 11.8 Å². The van der Waals surface area contributed by atoms with E-state index in [9.17, 15) is 9.59 Å². The van der Waals surface area contributed by atoms with Crippen LogP contribution in [0.3, 0.4) is 0 Å². The zero-order valence-corrected chi connectivity index (χ0v) is 18.2. The summed E-state index contributed by atoms with van der Waals surface area (Å²) in [5.41, 5.74) is 1.59. The minimum Gasteiger partial charge on any atom is -0.480 e. The summed E-state index contributed by atoms with van der Waals surface area (Å²) < 4.78 is 9.95. The zero-order chi connectivity index (χ0) is 23.1. The highest BCUT2D eigenvalue weighted by atomic mass is 16.5. The van der Waals surface area contributed by atoms with Gasteiger partial charge in [0, 0.05) is 17.8 Å². The van der Waals surface area contributed by atoms with Crippen LogP contribution in [0.4, 0.5) is 5.69 Å². The van der Waals surface area contributed by atoms with E-state index in [1.54, 1.807) is 24.3 Å². The molecule has 2 aromatic heterocycles. The van der Waals surface area contributed by atoms with E-state index in [0.717, 1.165) is 5.56 Å². The average molecular weight is 436 g/mol. The Labute approximate surface area is 185 Å². The van der Waals surface area contributed by atoms with Gasteiger partial charge in [-0.15, -0.1) is 20.4 Å². The van der Waals surface area contributed by atoms with E-state index in [0.29, 0.717) is 17.4 Å². The molecule has 0 saturated heterocycles. The molecule has 2 amide bonds. The molecule has 1 aromatic carbocycles. The third-order valence-corrected chi connectivity index (χ3v) is 4.66. The number of para-hydroxylation sites is 1. The lowest BCUT2D eigenvalue weighted by Crippen LogP contribution is -2.33. The Bertz CT molecular complexity index is 1070. The number of methoxy groups -OCH3 is 2. The van der Waals surface area contributed by atoms with Crippen molar-refractivity contribution in [2.75, 3.05) is 19.5 Å². The highest BCUT2D eigenvalue weighted by Crippen LogP contribution is 2.29. The molecule has 0 radical (unpaired) electrons. The van der Waals surface area contributed by atoms with Gasteiger partial charge >= 0.3 is 0 Å². The Balaban J connectivity index is 1.82. The Morgan fingerprint density at radius 3 is 1.84 bits per heavy atom. The topological polar surface area (TPSA) is 128 Å². The highest BCUT2D eigenvalue weighted by molar-refractivity contribution is 6.03. The van der Waals surface area contributed by atoms with E-state index in [1.807, 2.05) is 26.0 Å². The van der Waals surface area contributed by atoms with Crippen LogP contribution in [0.5, 0.6) is 11.8 Å². The molecule has 0 fully saturated rings. The maximum Gasteiger partial charge on any atom is 0.276 e. The number of nitrogens with zero attached hydrogens (tertiary/aromatic N) is 4. The number of nitrogens with one attached hydrogen (secondary N) is 2. The van der Waals surface area contributed by atoms with Crippen LogP contribution in [-0.4, -0.2) is 46.4 Å². The second-order valence-corrected chi connectivity index (χ2v) is 7.16. The van der Waals surface area contributed by atoms with E-state index < -0.39 is 11.9 Å². The molecule has 0 aliphatic carbocycles. The Morgan fingerprint density at radius 1 is 0.781 bits per heavy atom. The summed E-state index contributed by atoms with van der Waals surface area (Å²) in [7, 11) is 2.94. The number of hydrogen-bond donors (Lipinski definition) is 2. The van der Waals surface area contributed by atoms with Crippen LogP contribution < -0.4 is 20.1 Å². The van der Waals surface area contributed by atoms with Crippen LogP contribution in [0.15, 0.2) is 48.5 Å². The molecular formula is C22H24N6O4. The van der Waals surface area contributed by atoms with Crippen molar-refractivity contribution in [3.63, 3.8) is 0 Å². The highest BCUT2D eigenvalue weighted by Gasteiger charge is 2.23. The van der Waals surface area contributed by atoms with Crippen LogP contribution in [0.25, 0.3) is 0 Å². The van der Waals surface area contributed by atoms with E-state index in [1.165, 1.54) is 26.4 Å². The summed E-state index contributed by atoms with van der Waals surface area (Å²) in [6, 6.07) is 13.0. The fourth-order valence-electron chi connectivity index (χ4n) is 2.99. The zero-order valence-electron chi connectivity index (χ0n) is 18.2. The van der Waals surface area contributed by atoms with Gasteiger partial charge in [-0.2, -0.15) is 0 Å². The van der Waals surface area contributed by atoms with Crippen LogP contribution in [0.2, 0.25) is 0 Å². The number of aromatic nitrogens is 4. The molecule has 0 bridgehead atoms. The normalized spacial score (nSPS) is 11.5. The van der Waals surface area contributed by atoms with Crippen molar-refractivity contribution in [2.45, 2.75) is 19.9 Å². The lowest BCUT2D eigenvalue weighted by molar-refractivity contribution is 0.0919. The van der Waals surface area contributed by atoms with Crippen molar-refractivity contribution in [3.8, 4) is 11.8 Å². The average Bonchev–Trinajstić information content (AvgIpc) is 2.82. The molecule has 0 saturated carbocycles. The molecule has 2 heterocycles. The maximum absolute atomic E-state index is 12.8. The fraction of sp³-hybridized carbons (Fsp3) is 0.273. The maximum atomic E-state index is 12.8. The van der Waals surface area contributed by atoms with Crippen LogP contribution >= 0.6 is 0 Å². The number of ether oxygens (including phenoxy) is 2. The molecule has 0 unspecified atom stereocenters. The second kappa shape index (κ2) is 10.3. The molecule has 1 atom stereocenters. The van der Waals surface area contributed by atoms with Gasteiger partial charge in [0.15, 0.2) is 11.4 Å². The fourth-order valence-corrected chi connectivity index (χ4v) is 2.99. The standard InChI is InChI=1S/C22H24N6O4/c1-13(2)20(24-22(30)17-10-12-19(32-4)28-26-17)14-7-5-6-8-15(14)23-21(29)16-9-11-18(31-3)27-25-16/h5-13,20H,1-4H3,(H,23,29)(H,24,30)/t20-/m0/s1. The van der Waals surface area contributed by atoms with Crippen LogP contribution in [0.1, 0.15) is 46.4 Å². The van der Waals surface area contributed by atoms with Gasteiger partial charge < -0.3 is 20.1 Å². The third-order valence-electron chi connectivity index (χ3n) is 4.66. The first-order valence-corrected chi connectivity index (χ1v) is 9.89. The van der Waals surface area contributed by atoms with Crippen molar-refractivity contribution < 1.29 is 19.1 Å². The quantitative estimate of drug-likeness (QED) is 0.552. The summed E-state index contributed by atoms with van der Waals surface area (Å²) in [6.45, 7) is 3.94. The van der Waals surface area contributed by atoms with E-state index in [4.69, 9.17) is 9.47 Å². The van der Waals surface area contributed by atoms with Crippen molar-refractivity contribution in [2.24, 2.45) is 5.92 Å². The molecule has 2 N–H and O–H groups in total. The molecule has 3 aromatic rings. The van der Waals surface area contributed by atoms with Gasteiger partial charge in [0.1, 0.15) is 0 Å². The number of carbonyl (C=O) groups excluding carboxylic acids is 2. The van der Waals surface area contributed by atoms with Crippen LogP contribution in [0, 0.1) is 5.92 Å². The van der Waals surface area contributed by atoms with Crippen LogP contribution in [-0.2, 0) is 0 Å². The minimum atomic E-state index is -0.428. The predicted molar refractivity (Wildman–Crippen MR) is 117 cm³/mol. The summed E-state index contributed by atoms with van der Waals surface area (Å²) in [5, 5.41) is 21.3. The molecule has 166 valence electrons. The SMILES string of the molecule is COc1ccc(C(=O)Nc2ccccc2[C@@H](NC(=O)c2ccc(OC)nn2)C(C)C)nn1. The monoisotopic (exact) mass is 436 g/mol. The summed E-state index contributed by atoms with van der Waals surface area (Å²) >= 11 is 0. The Hall–Kier alpha value is -4.08. The van der Waals surface area contributed by atoms with Gasteiger partial charge in [-0.3, -0.25) is 9.59 Å². The number of amides is 2. The van der Waals surface area contributed by atoms with Crippen molar-refractivity contribution >= 4 is 17.5 Å². The number of hydrogen-bond acceptors (Lipinski definition) is 8. The molecule has 0 aliphatic rings. The Morgan fingerprint density at radius 2 is 1.34 bits per heavy atom. The summed E-state index contributed by atoms with van der Waals surface area (Å²) in [4.78, 5) is 25.5. The number of carbonyl (C=O) groups is 2. The first kappa shape index (κ1) is 22.6. The molecule has 10 heteroatoms. The molecule has 0 spiro atoms. The predicted octanol–water partition coefficient (Wildman–Crippen LogP) is 2.66. The molecular weight excluding hydrogens is 412 g/mol. The van der Waals surface area contributed by atoms with Gasteiger partial charge in [0.05, 0.1) is 20.3 Å². The third kappa shape index (κ3) is 5.34. The first-order valence-electron chi connectivity index (χ1n) is 9.89. The second-order valence-electron chi connectivity index (χ2n) is 7.16. The van der Waals surface area contributed by atoms with Crippen molar-refractivity contribution in [1.29, 1.82) is 0 Å². The lowest BCUT2D eigenvalue weighted by Gasteiger charge is -2.25. The van der Waals surface area contributed by atoms with Gasteiger partial charge in [-0.25, -0.2) is 0 Å². The molecule has 0 aliphatic heterocycles. The molecule has 3 rings (SSSR count). The van der Waals surface area contributed by atoms with E-state index >= 15 is 0 Å². The minimum absolute atomic E-state index is 0.0176. The number of rotatable bonds is 8.